The summed E-state index contributed by atoms with van der Waals surface area (Å²) in [5.41, 5.74) is 6.00. The first-order chi connectivity index (χ1) is 13.8. The molecule has 0 bridgehead atoms. The van der Waals surface area contributed by atoms with Crippen molar-refractivity contribution in [2.75, 3.05) is 19.7 Å². The Morgan fingerprint density at radius 3 is 2.86 bits per heavy atom. The number of likely N-dealkylation sites (tertiary alicyclic amines) is 1. The van der Waals surface area contributed by atoms with E-state index in [1.807, 2.05) is 0 Å². The summed E-state index contributed by atoms with van der Waals surface area (Å²) in [5.74, 6) is -0.964. The number of halogens is 2. The molecule has 1 aromatic carbocycles. The molecule has 1 fully saturated rings. The van der Waals surface area contributed by atoms with Gasteiger partial charge in [-0.15, -0.1) is 0 Å². The molecule has 1 aliphatic heterocycles. The first-order valence-corrected chi connectivity index (χ1v) is 9.39. The maximum Gasteiger partial charge on any atom is 0.328 e. The number of nitrogens with zero attached hydrogens (tertiary/aromatic N) is 3. The number of carbonyl (C=O) groups is 2. The molecule has 8 nitrogen and oxygen atoms in total. The average Bonchev–Trinajstić information content (AvgIpc) is 2.98. The molecule has 1 saturated heterocycles. The van der Waals surface area contributed by atoms with E-state index in [4.69, 9.17) is 10.5 Å². The first kappa shape index (κ1) is 20.8. The predicted molar refractivity (Wildman–Crippen MR) is 102 cm³/mol. The number of hydrogen-bond donors (Lipinski definition) is 2. The van der Waals surface area contributed by atoms with Gasteiger partial charge >= 0.3 is 6.05 Å². The molecule has 3 N–H and O–H groups in total. The van der Waals surface area contributed by atoms with Crippen LogP contribution in [0.2, 0.25) is 0 Å². The van der Waals surface area contributed by atoms with Crippen LogP contribution in [0.5, 0.6) is 5.75 Å². The number of nitrogens with two attached hydrogens (primary N) is 1. The van der Waals surface area contributed by atoms with Crippen molar-refractivity contribution in [3.63, 3.8) is 0 Å². The molecule has 2 heterocycles. The normalized spacial score (nSPS) is 18.1. The highest BCUT2D eigenvalue weighted by atomic mass is 19.3. The number of rotatable bonds is 7. The summed E-state index contributed by atoms with van der Waals surface area (Å²) in [6.07, 6.45) is 1.75. The minimum atomic E-state index is -3.20. The minimum absolute atomic E-state index is 0.0355. The smallest absolute Gasteiger partial charge is 0.328 e. The second kappa shape index (κ2) is 8.64. The molecule has 29 heavy (non-hydrogen) atoms. The van der Waals surface area contributed by atoms with Crippen LogP contribution in [0.15, 0.2) is 24.5 Å². The van der Waals surface area contributed by atoms with Gasteiger partial charge in [0.05, 0.1) is 18.7 Å². The van der Waals surface area contributed by atoms with Gasteiger partial charge in [-0.2, -0.15) is 8.78 Å². The second-order valence-corrected chi connectivity index (χ2v) is 6.89. The molecule has 0 radical (unpaired) electrons. The molecule has 0 unspecified atom stereocenters. The van der Waals surface area contributed by atoms with Crippen molar-refractivity contribution in [2.45, 2.75) is 38.3 Å². The molecule has 1 aromatic heterocycles. The van der Waals surface area contributed by atoms with Crippen LogP contribution >= 0.6 is 0 Å². The van der Waals surface area contributed by atoms with Gasteiger partial charge in [-0.05, 0) is 44.5 Å². The Hall–Kier alpha value is -2.88. The zero-order valence-corrected chi connectivity index (χ0v) is 16.0. The third kappa shape index (κ3) is 4.58. The van der Waals surface area contributed by atoms with Gasteiger partial charge in [0, 0.05) is 17.8 Å². The van der Waals surface area contributed by atoms with Crippen molar-refractivity contribution in [1.82, 2.24) is 20.2 Å². The maximum absolute atomic E-state index is 13.9. The van der Waals surface area contributed by atoms with Crippen molar-refractivity contribution in [1.29, 1.82) is 0 Å². The molecule has 0 saturated carbocycles. The van der Waals surface area contributed by atoms with Crippen LogP contribution in [0.1, 0.15) is 36.7 Å². The van der Waals surface area contributed by atoms with Gasteiger partial charge in [0.2, 0.25) is 5.91 Å². The van der Waals surface area contributed by atoms with Crippen molar-refractivity contribution in [2.24, 2.45) is 5.73 Å². The number of amides is 2. The summed E-state index contributed by atoms with van der Waals surface area (Å²) in [4.78, 5) is 33.5. The Morgan fingerprint density at radius 2 is 2.17 bits per heavy atom. The highest BCUT2D eigenvalue weighted by Crippen LogP contribution is 2.36. The Bertz CT molecular complexity index is 909. The number of hydrogen-bond acceptors (Lipinski definition) is 6. The fourth-order valence-electron chi connectivity index (χ4n) is 3.29. The molecular weight excluding hydrogens is 384 g/mol. The largest absolute Gasteiger partial charge is 0.494 e. The molecular formula is C19H23F2N5O3. The molecule has 1 atom stereocenters. The zero-order valence-electron chi connectivity index (χ0n) is 16.0. The van der Waals surface area contributed by atoms with Crippen LogP contribution in [0.4, 0.5) is 8.78 Å². The molecule has 0 aliphatic carbocycles. The molecule has 2 amide bonds. The highest BCUT2D eigenvalue weighted by molar-refractivity contribution is 6.05. The number of fused-ring (bicyclic) bond motifs is 1. The summed E-state index contributed by atoms with van der Waals surface area (Å²) in [7, 11) is 0. The monoisotopic (exact) mass is 407 g/mol. The van der Waals surface area contributed by atoms with E-state index >= 15 is 0 Å². The van der Waals surface area contributed by atoms with E-state index in [1.54, 1.807) is 25.1 Å². The van der Waals surface area contributed by atoms with E-state index in [2.05, 4.69) is 15.3 Å². The number of nitrogens with one attached hydrogen (secondary N) is 1. The van der Waals surface area contributed by atoms with Crippen LogP contribution in [0, 0.1) is 0 Å². The van der Waals surface area contributed by atoms with E-state index < -0.39 is 30.4 Å². The fourth-order valence-corrected chi connectivity index (χ4v) is 3.29. The van der Waals surface area contributed by atoms with Gasteiger partial charge in [-0.1, -0.05) is 0 Å². The fraction of sp³-hybridized carbons (Fsp3) is 0.474. The third-order valence-electron chi connectivity index (χ3n) is 4.76. The van der Waals surface area contributed by atoms with E-state index in [1.165, 1.54) is 6.33 Å². The van der Waals surface area contributed by atoms with Crippen LogP contribution in [0.25, 0.3) is 10.9 Å². The van der Waals surface area contributed by atoms with Crippen LogP contribution < -0.4 is 15.8 Å². The molecule has 3 rings (SSSR count). The van der Waals surface area contributed by atoms with Crippen molar-refractivity contribution in [3.05, 3.63) is 30.2 Å². The lowest BCUT2D eigenvalue weighted by Gasteiger charge is -2.27. The second-order valence-electron chi connectivity index (χ2n) is 6.89. The van der Waals surface area contributed by atoms with E-state index in [0.29, 0.717) is 41.1 Å². The summed E-state index contributed by atoms with van der Waals surface area (Å²) < 4.78 is 33.4. The SMILES string of the molecule is C[C@@H]1CCC(F)(F)N1C(=O)CNC(=O)c1ncnc2ccc(OCCCN)cc12. The standard InChI is InChI=1S/C19H23F2N5O3/c1-12-5-6-19(20,21)26(12)16(27)10-23-18(28)17-14-9-13(29-8-2-7-22)3-4-15(14)24-11-25-17/h3-4,9,11-12H,2,5-8,10,22H2,1H3,(H,23,28)/t12-/m1/s1. The number of aromatic nitrogens is 2. The number of ether oxygens (including phenoxy) is 1. The molecule has 2 aromatic rings. The number of carbonyl (C=O) groups excluding carboxylic acids is 2. The quantitative estimate of drug-likeness (QED) is 0.534. The van der Waals surface area contributed by atoms with Crippen molar-refractivity contribution in [3.8, 4) is 5.75 Å². The Kier molecular flexibility index (Phi) is 6.21. The average molecular weight is 407 g/mol. The van der Waals surface area contributed by atoms with E-state index in [9.17, 15) is 18.4 Å². The molecule has 10 heteroatoms. The predicted octanol–water partition coefficient (Wildman–Crippen LogP) is 1.69. The van der Waals surface area contributed by atoms with Crippen LogP contribution in [-0.4, -0.2) is 58.5 Å². The van der Waals surface area contributed by atoms with Gasteiger partial charge in [0.25, 0.3) is 5.91 Å². The van der Waals surface area contributed by atoms with Gasteiger partial charge in [0.1, 0.15) is 17.8 Å². The van der Waals surface area contributed by atoms with Gasteiger partial charge in [-0.3, -0.25) is 14.5 Å². The summed E-state index contributed by atoms with van der Waals surface area (Å²) >= 11 is 0. The lowest BCUT2D eigenvalue weighted by molar-refractivity contribution is -0.166. The van der Waals surface area contributed by atoms with Crippen LogP contribution in [0.3, 0.4) is 0 Å². The Morgan fingerprint density at radius 1 is 1.38 bits per heavy atom. The van der Waals surface area contributed by atoms with Crippen LogP contribution in [-0.2, 0) is 4.79 Å². The van der Waals surface area contributed by atoms with E-state index in [-0.39, 0.29) is 18.5 Å². The highest BCUT2D eigenvalue weighted by Gasteiger charge is 2.48. The van der Waals surface area contributed by atoms with Crippen molar-refractivity contribution < 1.29 is 23.1 Å². The minimum Gasteiger partial charge on any atom is -0.494 e. The van der Waals surface area contributed by atoms with Gasteiger partial charge < -0.3 is 15.8 Å². The van der Waals surface area contributed by atoms with E-state index in [0.717, 1.165) is 0 Å². The number of alkyl halides is 2. The van der Waals surface area contributed by atoms with Crippen molar-refractivity contribution >= 4 is 22.7 Å². The topological polar surface area (TPSA) is 110 Å². The summed E-state index contributed by atoms with van der Waals surface area (Å²) in [6, 6.07) is 1.25. The zero-order chi connectivity index (χ0) is 21.0. The summed E-state index contributed by atoms with van der Waals surface area (Å²) in [6.45, 7) is 1.93. The third-order valence-corrected chi connectivity index (χ3v) is 4.76. The first-order valence-electron chi connectivity index (χ1n) is 9.39. The summed E-state index contributed by atoms with van der Waals surface area (Å²) in [5, 5.41) is 2.82. The number of benzene rings is 1. The van der Waals surface area contributed by atoms with Gasteiger partial charge in [-0.25, -0.2) is 9.97 Å². The molecule has 1 aliphatic rings. The maximum atomic E-state index is 13.9. The Labute approximate surface area is 166 Å². The molecule has 0 spiro atoms. The lowest BCUT2D eigenvalue weighted by atomic mass is 10.1. The molecule has 156 valence electrons. The van der Waals surface area contributed by atoms with Gasteiger partial charge in [0.15, 0.2) is 0 Å². The Balaban J connectivity index is 1.73. The lowest BCUT2D eigenvalue weighted by Crippen LogP contribution is -2.48.